The summed E-state index contributed by atoms with van der Waals surface area (Å²) in [7, 11) is 3.19. The van der Waals surface area contributed by atoms with E-state index < -0.39 is 0 Å². The summed E-state index contributed by atoms with van der Waals surface area (Å²) >= 11 is 0. The molecule has 1 aliphatic carbocycles. The van der Waals surface area contributed by atoms with Gasteiger partial charge in [0.25, 0.3) is 0 Å². The molecule has 1 aromatic carbocycles. The van der Waals surface area contributed by atoms with Crippen molar-refractivity contribution >= 4 is 5.97 Å². The van der Waals surface area contributed by atoms with Gasteiger partial charge in [-0.1, -0.05) is 25.0 Å². The number of likely N-dealkylation sites (tertiary alicyclic amines) is 1. The molecule has 0 aromatic heterocycles. The Balaban J connectivity index is 1.67. The fraction of sp³-hybridized carbons (Fsp3) is 0.632. The van der Waals surface area contributed by atoms with Crippen molar-refractivity contribution in [2.24, 2.45) is 5.92 Å². The number of carbonyl (C=O) groups excluding carboxylic acids is 1. The molecule has 0 radical (unpaired) electrons. The minimum absolute atomic E-state index is 0.0497. The van der Waals surface area contributed by atoms with Crippen LogP contribution in [-0.2, 0) is 16.0 Å². The summed E-state index contributed by atoms with van der Waals surface area (Å²) < 4.78 is 10.3. The second kappa shape index (κ2) is 7.35. The Hall–Kier alpha value is -1.55. The molecule has 4 heteroatoms. The van der Waals surface area contributed by atoms with Crippen LogP contribution in [0.4, 0.5) is 0 Å². The van der Waals surface area contributed by atoms with Crippen molar-refractivity contribution in [2.75, 3.05) is 20.8 Å². The Bertz CT molecular complexity index is 528. The summed E-state index contributed by atoms with van der Waals surface area (Å²) in [6.07, 6.45) is 7.01. The van der Waals surface area contributed by atoms with Crippen LogP contribution in [0.2, 0.25) is 0 Å². The van der Waals surface area contributed by atoms with Crippen molar-refractivity contribution in [3.05, 3.63) is 29.8 Å². The molecule has 1 saturated carbocycles. The number of rotatable bonds is 5. The van der Waals surface area contributed by atoms with Gasteiger partial charge in [-0.3, -0.25) is 9.69 Å². The second-order valence-corrected chi connectivity index (χ2v) is 6.72. The molecule has 0 unspecified atom stereocenters. The molecule has 2 fully saturated rings. The van der Waals surface area contributed by atoms with Crippen LogP contribution in [0.15, 0.2) is 24.3 Å². The third-order valence-corrected chi connectivity index (χ3v) is 5.51. The van der Waals surface area contributed by atoms with Gasteiger partial charge in [0.15, 0.2) is 0 Å². The zero-order chi connectivity index (χ0) is 16.2. The van der Waals surface area contributed by atoms with E-state index in [9.17, 15) is 4.79 Å². The van der Waals surface area contributed by atoms with E-state index in [1.807, 2.05) is 12.1 Å². The number of nitrogens with zero attached hydrogens (tertiary/aromatic N) is 1. The van der Waals surface area contributed by atoms with Crippen molar-refractivity contribution in [1.29, 1.82) is 0 Å². The Morgan fingerprint density at radius 3 is 2.61 bits per heavy atom. The highest BCUT2D eigenvalue weighted by Gasteiger charge is 2.45. The highest BCUT2D eigenvalue weighted by Crippen LogP contribution is 2.40. The maximum absolute atomic E-state index is 12.2. The lowest BCUT2D eigenvalue weighted by molar-refractivity contribution is -0.146. The predicted octanol–water partition coefficient (Wildman–Crippen LogP) is 3.04. The second-order valence-electron chi connectivity index (χ2n) is 6.72. The van der Waals surface area contributed by atoms with Crippen LogP contribution in [0.1, 0.15) is 37.7 Å². The van der Waals surface area contributed by atoms with Crippen molar-refractivity contribution < 1.29 is 14.3 Å². The Kier molecular flexibility index (Phi) is 5.21. The molecule has 1 aliphatic heterocycles. The first-order valence-corrected chi connectivity index (χ1v) is 8.69. The lowest BCUT2D eigenvalue weighted by Crippen LogP contribution is -2.43. The number of carbonyl (C=O) groups is 1. The topological polar surface area (TPSA) is 38.8 Å². The number of hydrogen-bond acceptors (Lipinski definition) is 4. The first kappa shape index (κ1) is 16.3. The monoisotopic (exact) mass is 317 g/mol. The number of methoxy groups -OCH3 is 2. The van der Waals surface area contributed by atoms with Crippen LogP contribution in [0, 0.1) is 5.92 Å². The molecule has 1 heterocycles. The van der Waals surface area contributed by atoms with E-state index in [0.717, 1.165) is 25.1 Å². The van der Waals surface area contributed by atoms with Crippen LogP contribution in [0.3, 0.4) is 0 Å². The molecule has 4 nitrogen and oxygen atoms in total. The van der Waals surface area contributed by atoms with Gasteiger partial charge in [-0.05, 0) is 49.3 Å². The Labute approximate surface area is 138 Å². The smallest absolute Gasteiger partial charge is 0.323 e. The minimum atomic E-state index is -0.0610. The van der Waals surface area contributed by atoms with E-state index in [-0.39, 0.29) is 12.0 Å². The summed E-state index contributed by atoms with van der Waals surface area (Å²) in [5.41, 5.74) is 1.29. The average Bonchev–Trinajstić information content (AvgIpc) is 2.98. The maximum Gasteiger partial charge on any atom is 0.323 e. The van der Waals surface area contributed by atoms with Crippen molar-refractivity contribution in [2.45, 2.75) is 50.6 Å². The van der Waals surface area contributed by atoms with Gasteiger partial charge in [-0.25, -0.2) is 0 Å². The fourth-order valence-electron chi connectivity index (χ4n) is 4.29. The van der Waals surface area contributed by atoms with Crippen molar-refractivity contribution in [3.63, 3.8) is 0 Å². The molecular weight excluding hydrogens is 290 g/mol. The van der Waals surface area contributed by atoms with Crippen LogP contribution < -0.4 is 4.74 Å². The summed E-state index contributed by atoms with van der Waals surface area (Å²) in [6.45, 7) is 0.924. The zero-order valence-electron chi connectivity index (χ0n) is 14.2. The molecule has 23 heavy (non-hydrogen) atoms. The van der Waals surface area contributed by atoms with E-state index in [1.54, 1.807) is 7.11 Å². The summed E-state index contributed by atoms with van der Waals surface area (Å²) in [6, 6.07) is 8.74. The summed E-state index contributed by atoms with van der Waals surface area (Å²) in [4.78, 5) is 14.6. The SMILES string of the molecule is COC(=O)[C@@H]1C[C@@H]2CCCC[C@H]2N1CCc1ccc(OC)cc1. The number of fused-ring (bicyclic) bond motifs is 1. The standard InChI is InChI=1S/C19H27NO3/c1-22-16-9-7-14(8-10-16)11-12-20-17-6-4-3-5-15(17)13-18(20)19(21)23-2/h7-10,15,17-18H,3-6,11-13H2,1-2H3/t15-,17+,18-/m0/s1. The average molecular weight is 317 g/mol. The predicted molar refractivity (Wildman–Crippen MR) is 89.6 cm³/mol. The van der Waals surface area contributed by atoms with Gasteiger partial charge >= 0.3 is 5.97 Å². The molecule has 0 N–H and O–H groups in total. The third kappa shape index (κ3) is 3.52. The number of benzene rings is 1. The molecule has 0 spiro atoms. The third-order valence-electron chi connectivity index (χ3n) is 5.51. The molecule has 1 aromatic rings. The highest BCUT2D eigenvalue weighted by molar-refractivity contribution is 5.76. The quantitative estimate of drug-likeness (QED) is 0.783. The molecule has 0 amide bonds. The lowest BCUT2D eigenvalue weighted by Gasteiger charge is -2.33. The van der Waals surface area contributed by atoms with Gasteiger partial charge in [0.2, 0.25) is 0 Å². The van der Waals surface area contributed by atoms with Crippen LogP contribution in [-0.4, -0.2) is 43.7 Å². The minimum Gasteiger partial charge on any atom is -0.497 e. The van der Waals surface area contributed by atoms with Crippen LogP contribution in [0.5, 0.6) is 5.75 Å². The van der Waals surface area contributed by atoms with Gasteiger partial charge in [0.05, 0.1) is 14.2 Å². The normalized spacial score (nSPS) is 27.5. The van der Waals surface area contributed by atoms with E-state index in [2.05, 4.69) is 17.0 Å². The number of ether oxygens (including phenoxy) is 2. The first-order chi connectivity index (χ1) is 11.2. The zero-order valence-corrected chi connectivity index (χ0v) is 14.2. The highest BCUT2D eigenvalue weighted by atomic mass is 16.5. The lowest BCUT2D eigenvalue weighted by atomic mass is 9.84. The van der Waals surface area contributed by atoms with Gasteiger partial charge < -0.3 is 9.47 Å². The molecule has 1 saturated heterocycles. The summed E-state index contributed by atoms with van der Waals surface area (Å²) in [5.74, 6) is 1.49. The van der Waals surface area contributed by atoms with Crippen molar-refractivity contribution in [3.8, 4) is 5.75 Å². The van der Waals surface area contributed by atoms with E-state index >= 15 is 0 Å². The number of hydrogen-bond donors (Lipinski definition) is 0. The van der Waals surface area contributed by atoms with Gasteiger partial charge in [-0.2, -0.15) is 0 Å². The number of esters is 1. The summed E-state index contributed by atoms with van der Waals surface area (Å²) in [5, 5.41) is 0. The molecule has 2 aliphatic rings. The van der Waals surface area contributed by atoms with Gasteiger partial charge in [0.1, 0.15) is 11.8 Å². The molecule has 3 rings (SSSR count). The Morgan fingerprint density at radius 2 is 1.91 bits per heavy atom. The molecular formula is C19H27NO3. The fourth-order valence-corrected chi connectivity index (χ4v) is 4.29. The van der Waals surface area contributed by atoms with Crippen LogP contribution in [0.25, 0.3) is 0 Å². The first-order valence-electron chi connectivity index (χ1n) is 8.69. The van der Waals surface area contributed by atoms with Gasteiger partial charge in [-0.15, -0.1) is 0 Å². The van der Waals surface area contributed by atoms with Crippen LogP contribution >= 0.6 is 0 Å². The Morgan fingerprint density at radius 1 is 1.17 bits per heavy atom. The molecule has 3 atom stereocenters. The largest absolute Gasteiger partial charge is 0.497 e. The van der Waals surface area contributed by atoms with E-state index in [0.29, 0.717) is 12.0 Å². The van der Waals surface area contributed by atoms with E-state index in [4.69, 9.17) is 9.47 Å². The van der Waals surface area contributed by atoms with Gasteiger partial charge in [0, 0.05) is 12.6 Å². The molecule has 0 bridgehead atoms. The van der Waals surface area contributed by atoms with Crippen molar-refractivity contribution in [1.82, 2.24) is 4.90 Å². The molecule has 126 valence electrons. The maximum atomic E-state index is 12.2. The van der Waals surface area contributed by atoms with E-state index in [1.165, 1.54) is 38.4 Å².